The maximum atomic E-state index is 11.8. The highest BCUT2D eigenvalue weighted by molar-refractivity contribution is 9.09. The summed E-state index contributed by atoms with van der Waals surface area (Å²) in [6.45, 7) is 14.7. The van der Waals surface area contributed by atoms with Crippen LogP contribution in [0.3, 0.4) is 0 Å². The van der Waals surface area contributed by atoms with Crippen molar-refractivity contribution in [3.63, 3.8) is 0 Å². The fourth-order valence-corrected chi connectivity index (χ4v) is 6.06. The first-order chi connectivity index (χ1) is 10.4. The van der Waals surface area contributed by atoms with Crippen LogP contribution in [0.2, 0.25) is 0 Å². The molecule has 0 aromatic carbocycles. The van der Waals surface area contributed by atoms with E-state index in [0.29, 0.717) is 23.6 Å². The average molecular weight is 387 g/mol. The van der Waals surface area contributed by atoms with Crippen molar-refractivity contribution in [2.75, 3.05) is 0 Å². The molecule has 0 aliphatic heterocycles. The van der Waals surface area contributed by atoms with E-state index in [1.54, 1.807) is 13.0 Å². The maximum absolute atomic E-state index is 11.8. The van der Waals surface area contributed by atoms with Gasteiger partial charge in [0, 0.05) is 4.83 Å². The molecule has 0 saturated heterocycles. The lowest BCUT2D eigenvalue weighted by Gasteiger charge is -2.64. The lowest BCUT2D eigenvalue weighted by Crippen LogP contribution is -2.64. The first kappa shape index (κ1) is 19.5. The number of alkyl halides is 1. The number of fused-ring (bicyclic) bond motifs is 1. The normalized spacial score (nSPS) is 45.8. The van der Waals surface area contributed by atoms with Crippen LogP contribution >= 0.6 is 15.9 Å². The van der Waals surface area contributed by atoms with Gasteiger partial charge in [-0.15, -0.1) is 6.58 Å². The zero-order valence-electron chi connectivity index (χ0n) is 15.5. The molecule has 2 nitrogen and oxygen atoms in total. The molecule has 0 spiro atoms. The monoisotopic (exact) mass is 386 g/mol. The Morgan fingerprint density at radius 1 is 1.26 bits per heavy atom. The maximum Gasteiger partial charge on any atom is 0.0798 e. The molecule has 0 aromatic rings. The summed E-state index contributed by atoms with van der Waals surface area (Å²) in [6, 6.07) is 0. The molecule has 2 aliphatic rings. The van der Waals surface area contributed by atoms with Crippen LogP contribution in [-0.4, -0.2) is 26.2 Å². The summed E-state index contributed by atoms with van der Waals surface area (Å²) in [6.07, 6.45) is 7.22. The summed E-state index contributed by atoms with van der Waals surface area (Å²) < 4.78 is 0. The first-order valence-corrected chi connectivity index (χ1v) is 10.0. The minimum absolute atomic E-state index is 0.0876. The molecule has 23 heavy (non-hydrogen) atoms. The smallest absolute Gasteiger partial charge is 0.0798 e. The number of hydrogen-bond donors (Lipinski definition) is 2. The Morgan fingerprint density at radius 2 is 1.87 bits per heavy atom. The number of aliphatic hydroxyl groups is 2. The SMILES string of the molecule is C=C[C@](C)(O)CC[C@]1(O)[C@@H](C)CC[C@@H]2C(C)(C)[C@H](Br)CC[C@]21C. The summed E-state index contributed by atoms with van der Waals surface area (Å²) in [5.74, 6) is 0.773. The van der Waals surface area contributed by atoms with Crippen LogP contribution < -0.4 is 0 Å². The van der Waals surface area contributed by atoms with Gasteiger partial charge < -0.3 is 10.2 Å². The van der Waals surface area contributed by atoms with Crippen LogP contribution in [0.1, 0.15) is 73.1 Å². The van der Waals surface area contributed by atoms with Gasteiger partial charge in [-0.05, 0) is 68.1 Å². The van der Waals surface area contributed by atoms with Crippen molar-refractivity contribution in [2.24, 2.45) is 22.7 Å². The van der Waals surface area contributed by atoms with Crippen molar-refractivity contribution in [1.82, 2.24) is 0 Å². The van der Waals surface area contributed by atoms with Crippen molar-refractivity contribution < 1.29 is 10.2 Å². The largest absolute Gasteiger partial charge is 0.389 e. The van der Waals surface area contributed by atoms with Gasteiger partial charge in [-0.3, -0.25) is 0 Å². The molecule has 0 heterocycles. The minimum Gasteiger partial charge on any atom is -0.389 e. The van der Waals surface area contributed by atoms with Gasteiger partial charge in [0.2, 0.25) is 0 Å². The van der Waals surface area contributed by atoms with Crippen LogP contribution in [0.4, 0.5) is 0 Å². The molecule has 2 N–H and O–H groups in total. The quantitative estimate of drug-likeness (QED) is 0.522. The zero-order valence-corrected chi connectivity index (χ0v) is 17.1. The van der Waals surface area contributed by atoms with E-state index in [2.05, 4.69) is 50.2 Å². The highest BCUT2D eigenvalue weighted by Gasteiger charge is 2.62. The van der Waals surface area contributed by atoms with E-state index in [9.17, 15) is 10.2 Å². The average Bonchev–Trinajstić information content (AvgIpc) is 2.47. The minimum atomic E-state index is -0.902. The Bertz CT molecular complexity index is 459. The molecule has 2 rings (SSSR count). The third kappa shape index (κ3) is 3.06. The van der Waals surface area contributed by atoms with Crippen LogP contribution in [-0.2, 0) is 0 Å². The first-order valence-electron chi connectivity index (χ1n) is 9.13. The number of hydrogen-bond acceptors (Lipinski definition) is 2. The summed E-state index contributed by atoms with van der Waals surface area (Å²) in [5.41, 5.74) is -1.52. The van der Waals surface area contributed by atoms with Gasteiger partial charge >= 0.3 is 0 Å². The van der Waals surface area contributed by atoms with E-state index in [1.807, 2.05) is 0 Å². The van der Waals surface area contributed by atoms with Crippen molar-refractivity contribution in [3.8, 4) is 0 Å². The summed E-state index contributed by atoms with van der Waals surface area (Å²) >= 11 is 3.90. The molecule has 2 saturated carbocycles. The fraction of sp³-hybridized carbons (Fsp3) is 0.900. The molecular weight excluding hydrogens is 352 g/mol. The zero-order chi connectivity index (χ0) is 17.7. The Morgan fingerprint density at radius 3 is 2.43 bits per heavy atom. The molecule has 2 fully saturated rings. The van der Waals surface area contributed by atoms with E-state index in [4.69, 9.17) is 0 Å². The molecule has 2 aliphatic carbocycles. The second kappa shape index (κ2) is 6.14. The molecule has 0 aromatic heterocycles. The standard InChI is InChI=1S/C20H35BrO2/c1-7-18(5,22)12-13-20(23)14(2)8-9-15-17(3,4)16(21)10-11-19(15,20)6/h7,14-16,22-23H,1,8-13H2,2-6H3/t14-,15+,16+,18-,19+,20-/m0/s1. The van der Waals surface area contributed by atoms with Gasteiger partial charge in [0.25, 0.3) is 0 Å². The van der Waals surface area contributed by atoms with Crippen molar-refractivity contribution in [3.05, 3.63) is 12.7 Å². The van der Waals surface area contributed by atoms with Crippen LogP contribution in [0.5, 0.6) is 0 Å². The predicted molar refractivity (Wildman–Crippen MR) is 101 cm³/mol. The summed E-state index contributed by atoms with van der Waals surface area (Å²) in [4.78, 5) is 0.516. The van der Waals surface area contributed by atoms with Gasteiger partial charge in [0.15, 0.2) is 0 Å². The molecule has 134 valence electrons. The highest BCUT2D eigenvalue weighted by Crippen LogP contribution is 2.64. The third-order valence-corrected chi connectivity index (χ3v) is 9.17. The van der Waals surface area contributed by atoms with Crippen molar-refractivity contribution in [2.45, 2.75) is 89.2 Å². The van der Waals surface area contributed by atoms with Gasteiger partial charge in [0.1, 0.15) is 0 Å². The van der Waals surface area contributed by atoms with Crippen molar-refractivity contribution in [1.29, 1.82) is 0 Å². The summed E-state index contributed by atoms with van der Waals surface area (Å²) in [7, 11) is 0. The number of halogens is 1. The lowest BCUT2D eigenvalue weighted by atomic mass is 9.44. The van der Waals surface area contributed by atoms with E-state index >= 15 is 0 Å². The molecule has 0 amide bonds. The Hall–Kier alpha value is 0.140. The second-order valence-corrected chi connectivity index (χ2v) is 10.4. The fourth-order valence-electron chi connectivity index (χ4n) is 5.52. The Kier molecular flexibility index (Phi) is 5.20. The molecule has 0 radical (unpaired) electrons. The second-order valence-electron chi connectivity index (χ2n) is 9.26. The van der Waals surface area contributed by atoms with Gasteiger partial charge in [-0.25, -0.2) is 0 Å². The molecule has 3 heteroatoms. The van der Waals surface area contributed by atoms with Crippen LogP contribution in [0, 0.1) is 22.7 Å². The highest BCUT2D eigenvalue weighted by atomic mass is 79.9. The van der Waals surface area contributed by atoms with Gasteiger partial charge in [-0.1, -0.05) is 49.7 Å². The van der Waals surface area contributed by atoms with E-state index < -0.39 is 11.2 Å². The van der Waals surface area contributed by atoms with Crippen LogP contribution in [0.15, 0.2) is 12.7 Å². The number of rotatable bonds is 4. The van der Waals surface area contributed by atoms with Gasteiger partial charge in [-0.2, -0.15) is 0 Å². The Labute approximate surface area is 150 Å². The van der Waals surface area contributed by atoms with Crippen molar-refractivity contribution >= 4 is 15.9 Å². The van der Waals surface area contributed by atoms with Crippen LogP contribution in [0.25, 0.3) is 0 Å². The molecular formula is C20H35BrO2. The molecule has 0 unspecified atom stereocenters. The molecule has 6 atom stereocenters. The third-order valence-electron chi connectivity index (χ3n) is 7.54. The summed E-state index contributed by atoms with van der Waals surface area (Å²) in [5, 5.41) is 22.2. The van der Waals surface area contributed by atoms with E-state index in [0.717, 1.165) is 19.3 Å². The molecule has 0 bridgehead atoms. The van der Waals surface area contributed by atoms with Gasteiger partial charge in [0.05, 0.1) is 11.2 Å². The lowest BCUT2D eigenvalue weighted by molar-refractivity contribution is -0.213. The van der Waals surface area contributed by atoms with E-state index in [-0.39, 0.29) is 16.7 Å². The van der Waals surface area contributed by atoms with E-state index in [1.165, 1.54) is 6.42 Å². The predicted octanol–water partition coefficient (Wildman–Crippen LogP) is 5.07. The topological polar surface area (TPSA) is 40.5 Å². The Balaban J connectivity index is 2.35.